The molecule has 4 rings (SSSR count). The van der Waals surface area contributed by atoms with Gasteiger partial charge in [-0.2, -0.15) is 18.4 Å². The Hall–Kier alpha value is -3.69. The lowest BCUT2D eigenvalue weighted by Gasteiger charge is -2.36. The summed E-state index contributed by atoms with van der Waals surface area (Å²) in [5, 5.41) is 19.9. The van der Waals surface area contributed by atoms with Gasteiger partial charge in [0.25, 0.3) is 0 Å². The molecule has 2 aliphatic heterocycles. The van der Waals surface area contributed by atoms with Gasteiger partial charge in [0.15, 0.2) is 0 Å². The number of nitrogens with zero attached hydrogens (tertiary/aromatic N) is 7. The number of anilines is 1. The first kappa shape index (κ1) is 24.4. The molecule has 2 aromatic rings. The van der Waals surface area contributed by atoms with Gasteiger partial charge in [0.05, 0.1) is 29.7 Å². The van der Waals surface area contributed by atoms with Crippen molar-refractivity contribution in [3.05, 3.63) is 35.7 Å². The van der Waals surface area contributed by atoms with Crippen LogP contribution in [-0.2, 0) is 22.3 Å². The van der Waals surface area contributed by atoms with E-state index in [0.717, 1.165) is 12.1 Å². The van der Waals surface area contributed by atoms with E-state index in [1.54, 1.807) is 15.9 Å². The first-order valence-electron chi connectivity index (χ1n) is 11.3. The molecular weight excluding hydrogens is 465 g/mol. The fourth-order valence-corrected chi connectivity index (χ4v) is 5.11. The van der Waals surface area contributed by atoms with Crippen LogP contribution in [0.25, 0.3) is 0 Å². The molecule has 2 aliphatic rings. The van der Waals surface area contributed by atoms with Crippen molar-refractivity contribution in [2.75, 3.05) is 31.1 Å². The van der Waals surface area contributed by atoms with Crippen molar-refractivity contribution in [3.63, 3.8) is 0 Å². The molecule has 2 fully saturated rings. The number of primary amides is 1. The maximum atomic E-state index is 13.4. The Morgan fingerprint density at radius 3 is 2.54 bits per heavy atom. The van der Waals surface area contributed by atoms with Crippen molar-refractivity contribution in [3.8, 4) is 6.07 Å². The van der Waals surface area contributed by atoms with Gasteiger partial charge in [-0.1, -0.05) is 0 Å². The summed E-state index contributed by atoms with van der Waals surface area (Å²) in [6.07, 6.45) is -1.58. The molecule has 0 saturated carbocycles. The average molecular weight is 490 g/mol. The standard InChI is InChI=1S/C22H25F3N8O2/c23-22(24,25)19-9-16(2-1-15(19)10-26)32-11-17(18(12-32)21(27)35)14-3-6-31(7-4-14)20(34)5-8-33-13-28-29-30-33/h1-2,9,13-14,17-18H,3-8,11-12H2,(H2,27,35)/t17-,18+/m0/s1. The van der Waals surface area contributed by atoms with Crippen molar-refractivity contribution < 1.29 is 22.8 Å². The number of aryl methyl sites for hydroxylation is 1. The van der Waals surface area contributed by atoms with Gasteiger partial charge in [-0.3, -0.25) is 9.59 Å². The highest BCUT2D eigenvalue weighted by Gasteiger charge is 2.43. The molecule has 2 amide bonds. The van der Waals surface area contributed by atoms with Crippen LogP contribution >= 0.6 is 0 Å². The number of carbonyl (C=O) groups is 2. The Labute approximate surface area is 199 Å². The number of piperidine rings is 1. The molecule has 0 bridgehead atoms. The molecule has 10 nitrogen and oxygen atoms in total. The lowest BCUT2D eigenvalue weighted by Crippen LogP contribution is -2.42. The predicted octanol–water partition coefficient (Wildman–Crippen LogP) is 1.43. The highest BCUT2D eigenvalue weighted by Crippen LogP contribution is 2.40. The fourth-order valence-electron chi connectivity index (χ4n) is 5.11. The molecule has 0 radical (unpaired) electrons. The summed E-state index contributed by atoms with van der Waals surface area (Å²) in [7, 11) is 0. The number of hydrogen-bond donors (Lipinski definition) is 1. The molecule has 13 heteroatoms. The monoisotopic (exact) mass is 490 g/mol. The number of tetrazole rings is 1. The normalized spacial score (nSPS) is 21.2. The Bertz CT molecular complexity index is 1110. The number of nitrogens with two attached hydrogens (primary N) is 1. The lowest BCUT2D eigenvalue weighted by atomic mass is 9.78. The summed E-state index contributed by atoms with van der Waals surface area (Å²) in [5.41, 5.74) is 4.54. The van der Waals surface area contributed by atoms with E-state index in [4.69, 9.17) is 11.0 Å². The summed E-state index contributed by atoms with van der Waals surface area (Å²) in [4.78, 5) is 28.3. The molecule has 0 aliphatic carbocycles. The van der Waals surface area contributed by atoms with Crippen LogP contribution in [0.1, 0.15) is 30.4 Å². The third-order valence-electron chi connectivity index (χ3n) is 6.97. The van der Waals surface area contributed by atoms with Crippen molar-refractivity contribution in [1.29, 1.82) is 5.26 Å². The Morgan fingerprint density at radius 2 is 1.94 bits per heavy atom. The molecule has 1 aromatic heterocycles. The van der Waals surface area contributed by atoms with E-state index in [0.29, 0.717) is 44.7 Å². The first-order valence-corrected chi connectivity index (χ1v) is 11.3. The van der Waals surface area contributed by atoms with Gasteiger partial charge in [0.1, 0.15) is 6.33 Å². The molecule has 2 saturated heterocycles. The van der Waals surface area contributed by atoms with E-state index in [1.807, 2.05) is 0 Å². The smallest absolute Gasteiger partial charge is 0.370 e. The second-order valence-electron chi connectivity index (χ2n) is 8.96. The van der Waals surface area contributed by atoms with Gasteiger partial charge in [-0.15, -0.1) is 5.10 Å². The fraction of sp³-hybridized carbons (Fsp3) is 0.545. The zero-order chi connectivity index (χ0) is 25.2. The summed E-state index contributed by atoms with van der Waals surface area (Å²) in [5.74, 6) is -1.01. The summed E-state index contributed by atoms with van der Waals surface area (Å²) in [6, 6.07) is 5.17. The minimum atomic E-state index is -4.66. The van der Waals surface area contributed by atoms with Gasteiger partial charge < -0.3 is 15.5 Å². The number of halogens is 3. The molecule has 1 aromatic carbocycles. The lowest BCUT2D eigenvalue weighted by molar-refractivity contribution is -0.137. The maximum Gasteiger partial charge on any atom is 0.417 e. The highest BCUT2D eigenvalue weighted by molar-refractivity contribution is 5.79. The molecule has 0 spiro atoms. The van der Waals surface area contributed by atoms with E-state index in [-0.39, 0.29) is 30.7 Å². The van der Waals surface area contributed by atoms with Crippen LogP contribution in [0.2, 0.25) is 0 Å². The van der Waals surface area contributed by atoms with Crippen LogP contribution in [-0.4, -0.2) is 63.1 Å². The van der Waals surface area contributed by atoms with E-state index in [2.05, 4.69) is 15.5 Å². The topological polar surface area (TPSA) is 134 Å². The van der Waals surface area contributed by atoms with E-state index in [9.17, 15) is 22.8 Å². The molecular formula is C22H25F3N8O2. The average Bonchev–Trinajstić information content (AvgIpc) is 3.52. The molecule has 3 heterocycles. The number of nitriles is 1. The number of likely N-dealkylation sites (tertiary alicyclic amines) is 1. The second kappa shape index (κ2) is 9.89. The largest absolute Gasteiger partial charge is 0.417 e. The first-order chi connectivity index (χ1) is 16.7. The highest BCUT2D eigenvalue weighted by atomic mass is 19.4. The van der Waals surface area contributed by atoms with Crippen LogP contribution in [0.3, 0.4) is 0 Å². The number of rotatable bonds is 6. The van der Waals surface area contributed by atoms with Crippen LogP contribution in [0, 0.1) is 29.1 Å². The molecule has 2 N–H and O–H groups in total. The van der Waals surface area contributed by atoms with Gasteiger partial charge in [-0.25, -0.2) is 4.68 Å². The number of aromatic nitrogens is 4. The predicted molar refractivity (Wildman–Crippen MR) is 116 cm³/mol. The van der Waals surface area contributed by atoms with Crippen LogP contribution in [0.5, 0.6) is 0 Å². The minimum Gasteiger partial charge on any atom is -0.370 e. The number of benzene rings is 1. The molecule has 0 unspecified atom stereocenters. The van der Waals surface area contributed by atoms with E-state index >= 15 is 0 Å². The molecule has 2 atom stereocenters. The third kappa shape index (κ3) is 5.36. The van der Waals surface area contributed by atoms with Crippen molar-refractivity contribution in [2.24, 2.45) is 23.5 Å². The number of alkyl halides is 3. The summed E-state index contributed by atoms with van der Waals surface area (Å²) < 4.78 is 41.8. The van der Waals surface area contributed by atoms with E-state index in [1.165, 1.54) is 17.1 Å². The SMILES string of the molecule is N#Cc1ccc(N2C[C@@H](C(N)=O)[C@H](C3CCN(C(=O)CCn4cnnn4)CC3)C2)cc1C(F)(F)F. The maximum absolute atomic E-state index is 13.4. The van der Waals surface area contributed by atoms with Gasteiger partial charge in [0.2, 0.25) is 11.8 Å². The van der Waals surface area contributed by atoms with Crippen LogP contribution < -0.4 is 10.6 Å². The van der Waals surface area contributed by atoms with Gasteiger partial charge in [0, 0.05) is 38.3 Å². The summed E-state index contributed by atoms with van der Waals surface area (Å²) >= 11 is 0. The van der Waals surface area contributed by atoms with Gasteiger partial charge in [-0.05, 0) is 53.3 Å². The Balaban J connectivity index is 1.41. The number of amides is 2. The zero-order valence-electron chi connectivity index (χ0n) is 18.9. The molecule has 35 heavy (non-hydrogen) atoms. The number of hydrogen-bond acceptors (Lipinski definition) is 7. The van der Waals surface area contributed by atoms with Crippen LogP contribution in [0.15, 0.2) is 24.5 Å². The summed E-state index contributed by atoms with van der Waals surface area (Å²) in [6.45, 7) is 2.06. The quantitative estimate of drug-likeness (QED) is 0.647. The van der Waals surface area contributed by atoms with Crippen molar-refractivity contribution >= 4 is 17.5 Å². The minimum absolute atomic E-state index is 0.00397. The third-order valence-corrected chi connectivity index (χ3v) is 6.97. The van der Waals surface area contributed by atoms with Gasteiger partial charge >= 0.3 is 6.18 Å². The second-order valence-corrected chi connectivity index (χ2v) is 8.96. The van der Waals surface area contributed by atoms with Crippen molar-refractivity contribution in [1.82, 2.24) is 25.1 Å². The number of carbonyl (C=O) groups excluding carboxylic acids is 2. The van der Waals surface area contributed by atoms with E-state index < -0.39 is 29.1 Å². The molecule has 186 valence electrons. The van der Waals surface area contributed by atoms with Crippen molar-refractivity contribution in [2.45, 2.75) is 32.0 Å². The Morgan fingerprint density at radius 1 is 1.20 bits per heavy atom. The Kier molecular flexibility index (Phi) is 6.90. The zero-order valence-corrected chi connectivity index (χ0v) is 18.9. The van der Waals surface area contributed by atoms with Crippen LogP contribution in [0.4, 0.5) is 18.9 Å².